The van der Waals surface area contributed by atoms with Gasteiger partial charge in [0.1, 0.15) is 6.33 Å². The molecule has 1 atom stereocenters. The van der Waals surface area contributed by atoms with E-state index in [9.17, 15) is 5.11 Å². The Morgan fingerprint density at radius 1 is 1.37 bits per heavy atom. The Morgan fingerprint density at radius 3 is 3.00 bits per heavy atom. The summed E-state index contributed by atoms with van der Waals surface area (Å²) in [7, 11) is 1.95. The first-order valence-corrected chi connectivity index (χ1v) is 6.60. The highest BCUT2D eigenvalue weighted by Crippen LogP contribution is 2.33. The number of hydrogen-bond donors (Lipinski definition) is 1. The highest BCUT2D eigenvalue weighted by Gasteiger charge is 2.21. The molecular formula is C14H18N4O. The SMILES string of the molecule is Cn1cnnc1CN1CCCC(O)c2ccccc21. The van der Waals surface area contributed by atoms with Crippen molar-refractivity contribution in [3.8, 4) is 0 Å². The maximum Gasteiger partial charge on any atom is 0.152 e. The zero-order valence-electron chi connectivity index (χ0n) is 11.0. The topological polar surface area (TPSA) is 54.2 Å². The first-order chi connectivity index (χ1) is 9.25. The van der Waals surface area contributed by atoms with Crippen molar-refractivity contribution in [3.05, 3.63) is 42.0 Å². The van der Waals surface area contributed by atoms with Gasteiger partial charge >= 0.3 is 0 Å². The second-order valence-electron chi connectivity index (χ2n) is 5.00. The number of hydrogen-bond acceptors (Lipinski definition) is 4. The van der Waals surface area contributed by atoms with Crippen LogP contribution < -0.4 is 4.90 Å². The number of fused-ring (bicyclic) bond motifs is 1. The molecule has 1 aliphatic rings. The molecule has 5 heteroatoms. The van der Waals surface area contributed by atoms with E-state index in [1.165, 1.54) is 0 Å². The number of aromatic nitrogens is 3. The summed E-state index contributed by atoms with van der Waals surface area (Å²) in [5, 5.41) is 18.2. The van der Waals surface area contributed by atoms with Gasteiger partial charge in [0.2, 0.25) is 0 Å². The molecule has 1 aliphatic heterocycles. The maximum atomic E-state index is 10.2. The Morgan fingerprint density at radius 2 is 2.21 bits per heavy atom. The summed E-state index contributed by atoms with van der Waals surface area (Å²) in [6, 6.07) is 8.07. The Bertz CT molecular complexity index is 566. The minimum Gasteiger partial charge on any atom is -0.388 e. The van der Waals surface area contributed by atoms with E-state index in [1.807, 2.05) is 29.8 Å². The maximum absolute atomic E-state index is 10.2. The van der Waals surface area contributed by atoms with Crippen LogP contribution in [-0.4, -0.2) is 26.4 Å². The van der Waals surface area contributed by atoms with Crippen LogP contribution in [0.3, 0.4) is 0 Å². The molecule has 0 saturated carbocycles. The van der Waals surface area contributed by atoms with Crippen molar-refractivity contribution >= 4 is 5.69 Å². The number of para-hydroxylation sites is 1. The van der Waals surface area contributed by atoms with Gasteiger partial charge in [-0.3, -0.25) is 0 Å². The van der Waals surface area contributed by atoms with Gasteiger partial charge in [0, 0.05) is 24.8 Å². The van der Waals surface area contributed by atoms with Crippen LogP contribution >= 0.6 is 0 Å². The van der Waals surface area contributed by atoms with Gasteiger partial charge in [0.05, 0.1) is 12.6 Å². The van der Waals surface area contributed by atoms with Crippen molar-refractivity contribution in [1.82, 2.24) is 14.8 Å². The summed E-state index contributed by atoms with van der Waals surface area (Å²) < 4.78 is 1.93. The van der Waals surface area contributed by atoms with Crippen molar-refractivity contribution < 1.29 is 5.11 Å². The molecule has 0 radical (unpaired) electrons. The number of rotatable bonds is 2. The number of nitrogens with zero attached hydrogens (tertiary/aromatic N) is 4. The average Bonchev–Trinajstić information content (AvgIpc) is 2.75. The summed E-state index contributed by atoms with van der Waals surface area (Å²) in [5.41, 5.74) is 2.12. The lowest BCUT2D eigenvalue weighted by Gasteiger charge is -2.24. The predicted octanol–water partition coefficient (Wildman–Crippen LogP) is 1.65. The molecule has 1 aromatic carbocycles. The van der Waals surface area contributed by atoms with Crippen LogP contribution in [0.1, 0.15) is 30.3 Å². The molecule has 100 valence electrons. The Balaban J connectivity index is 1.93. The van der Waals surface area contributed by atoms with E-state index in [1.54, 1.807) is 6.33 Å². The standard InChI is InChI=1S/C14H18N4O/c1-17-10-15-16-14(17)9-18-8-4-7-13(19)11-5-2-3-6-12(11)18/h2-3,5-6,10,13,19H,4,7-9H2,1H3. The van der Waals surface area contributed by atoms with Gasteiger partial charge < -0.3 is 14.6 Å². The Hall–Kier alpha value is -1.88. The highest BCUT2D eigenvalue weighted by atomic mass is 16.3. The first-order valence-electron chi connectivity index (χ1n) is 6.60. The van der Waals surface area contributed by atoms with Gasteiger partial charge in [-0.05, 0) is 18.9 Å². The average molecular weight is 258 g/mol. The fourth-order valence-corrected chi connectivity index (χ4v) is 2.59. The number of benzene rings is 1. The normalized spacial score (nSPS) is 19.1. The van der Waals surface area contributed by atoms with Crippen LogP contribution in [0.15, 0.2) is 30.6 Å². The smallest absolute Gasteiger partial charge is 0.152 e. The third kappa shape index (κ3) is 2.33. The summed E-state index contributed by atoms with van der Waals surface area (Å²) in [6.07, 6.45) is 3.15. The summed E-state index contributed by atoms with van der Waals surface area (Å²) in [6.45, 7) is 1.65. The molecule has 0 aliphatic carbocycles. The molecule has 0 bridgehead atoms. The Kier molecular flexibility index (Phi) is 3.21. The summed E-state index contributed by atoms with van der Waals surface area (Å²) in [4.78, 5) is 2.27. The van der Waals surface area contributed by atoms with E-state index >= 15 is 0 Å². The molecule has 1 unspecified atom stereocenters. The number of aryl methyl sites for hydroxylation is 1. The molecule has 0 spiro atoms. The van der Waals surface area contributed by atoms with Crippen LogP contribution in [0.5, 0.6) is 0 Å². The second kappa shape index (κ2) is 5.01. The number of aliphatic hydroxyl groups excluding tert-OH is 1. The van der Waals surface area contributed by atoms with Crippen molar-refractivity contribution in [2.45, 2.75) is 25.5 Å². The number of anilines is 1. The predicted molar refractivity (Wildman–Crippen MR) is 72.7 cm³/mol. The van der Waals surface area contributed by atoms with E-state index in [-0.39, 0.29) is 6.10 Å². The zero-order chi connectivity index (χ0) is 13.2. The zero-order valence-corrected chi connectivity index (χ0v) is 11.0. The monoisotopic (exact) mass is 258 g/mol. The molecular weight excluding hydrogens is 240 g/mol. The molecule has 5 nitrogen and oxygen atoms in total. The molecule has 3 rings (SSSR count). The molecule has 1 aromatic heterocycles. The molecule has 0 fully saturated rings. The van der Waals surface area contributed by atoms with Crippen LogP contribution in [0.25, 0.3) is 0 Å². The second-order valence-corrected chi connectivity index (χ2v) is 5.00. The first kappa shape index (κ1) is 12.2. The van der Waals surface area contributed by atoms with Crippen LogP contribution in [0.2, 0.25) is 0 Å². The van der Waals surface area contributed by atoms with E-state index in [2.05, 4.69) is 21.2 Å². The van der Waals surface area contributed by atoms with Crippen LogP contribution in [0, 0.1) is 0 Å². The van der Waals surface area contributed by atoms with Gasteiger partial charge in [-0.2, -0.15) is 0 Å². The lowest BCUT2D eigenvalue weighted by atomic mass is 10.0. The van der Waals surface area contributed by atoms with Gasteiger partial charge in [0.25, 0.3) is 0 Å². The number of aliphatic hydroxyl groups is 1. The van der Waals surface area contributed by atoms with Gasteiger partial charge in [0.15, 0.2) is 5.82 Å². The van der Waals surface area contributed by atoms with Gasteiger partial charge in [-0.25, -0.2) is 0 Å². The lowest BCUT2D eigenvalue weighted by Crippen LogP contribution is -2.25. The minimum atomic E-state index is -0.360. The fraction of sp³-hybridized carbons (Fsp3) is 0.429. The van der Waals surface area contributed by atoms with E-state index in [0.717, 1.165) is 43.0 Å². The van der Waals surface area contributed by atoms with Gasteiger partial charge in [-0.1, -0.05) is 18.2 Å². The molecule has 0 amide bonds. The largest absolute Gasteiger partial charge is 0.388 e. The third-order valence-electron chi connectivity index (χ3n) is 3.68. The van der Waals surface area contributed by atoms with Crippen molar-refractivity contribution in [2.24, 2.45) is 7.05 Å². The van der Waals surface area contributed by atoms with Crippen LogP contribution in [-0.2, 0) is 13.6 Å². The molecule has 2 aromatic rings. The van der Waals surface area contributed by atoms with E-state index < -0.39 is 0 Å². The lowest BCUT2D eigenvalue weighted by molar-refractivity contribution is 0.168. The summed E-state index contributed by atoms with van der Waals surface area (Å²) >= 11 is 0. The minimum absolute atomic E-state index is 0.360. The van der Waals surface area contributed by atoms with Crippen molar-refractivity contribution in [1.29, 1.82) is 0 Å². The molecule has 19 heavy (non-hydrogen) atoms. The quantitative estimate of drug-likeness (QED) is 0.890. The third-order valence-corrected chi connectivity index (χ3v) is 3.68. The molecule has 2 heterocycles. The molecule has 1 N–H and O–H groups in total. The van der Waals surface area contributed by atoms with Crippen LogP contribution in [0.4, 0.5) is 5.69 Å². The van der Waals surface area contributed by atoms with E-state index in [4.69, 9.17) is 0 Å². The van der Waals surface area contributed by atoms with Crippen molar-refractivity contribution in [3.63, 3.8) is 0 Å². The summed E-state index contributed by atoms with van der Waals surface area (Å²) in [5.74, 6) is 0.936. The Labute approximate surface area is 112 Å². The van der Waals surface area contributed by atoms with Crippen molar-refractivity contribution in [2.75, 3.05) is 11.4 Å². The molecule has 0 saturated heterocycles. The highest BCUT2D eigenvalue weighted by molar-refractivity contribution is 5.55. The fourth-order valence-electron chi connectivity index (χ4n) is 2.59. The van der Waals surface area contributed by atoms with E-state index in [0.29, 0.717) is 0 Å². The van der Waals surface area contributed by atoms with Gasteiger partial charge in [-0.15, -0.1) is 10.2 Å².